The number of rotatable bonds is 5. The van der Waals surface area contributed by atoms with Crippen LogP contribution in [0.25, 0.3) is 11.1 Å². The summed E-state index contributed by atoms with van der Waals surface area (Å²) in [6.07, 6.45) is 7.08. The lowest BCUT2D eigenvalue weighted by Crippen LogP contribution is -2.52. The van der Waals surface area contributed by atoms with Crippen LogP contribution in [0, 0.1) is 12.3 Å². The average Bonchev–Trinajstić information content (AvgIpc) is 3.15. The summed E-state index contributed by atoms with van der Waals surface area (Å²) in [4.78, 5) is 15.3. The van der Waals surface area contributed by atoms with Crippen molar-refractivity contribution in [1.29, 1.82) is 0 Å². The molecular formula is C22H29N3O2. The largest absolute Gasteiger partial charge is 0.384 e. The van der Waals surface area contributed by atoms with Gasteiger partial charge in [0.05, 0.1) is 18.2 Å². The first-order chi connectivity index (χ1) is 13.1. The van der Waals surface area contributed by atoms with Gasteiger partial charge in [-0.3, -0.25) is 9.89 Å². The Bertz CT molecular complexity index is 792. The molecule has 5 nitrogen and oxygen atoms in total. The second-order valence-electron chi connectivity index (χ2n) is 8.22. The second kappa shape index (κ2) is 7.47. The Morgan fingerprint density at radius 2 is 2.07 bits per heavy atom. The Kier molecular flexibility index (Phi) is 5.04. The molecule has 0 radical (unpaired) electrons. The molecular weight excluding hydrogens is 338 g/mol. The summed E-state index contributed by atoms with van der Waals surface area (Å²) in [5.41, 5.74) is 4.48. The van der Waals surface area contributed by atoms with Crippen molar-refractivity contribution in [3.8, 4) is 11.1 Å². The lowest BCUT2D eigenvalue weighted by Gasteiger charge is -2.45. The molecule has 1 aromatic heterocycles. The number of hydrogen-bond acceptors (Lipinski definition) is 3. The van der Waals surface area contributed by atoms with Gasteiger partial charge in [-0.2, -0.15) is 5.10 Å². The van der Waals surface area contributed by atoms with Crippen molar-refractivity contribution in [2.24, 2.45) is 5.41 Å². The number of methoxy groups -OCH3 is 1. The van der Waals surface area contributed by atoms with Crippen molar-refractivity contribution in [2.45, 2.75) is 44.9 Å². The number of H-pyrrole nitrogens is 1. The van der Waals surface area contributed by atoms with Gasteiger partial charge in [0.15, 0.2) is 0 Å². The van der Waals surface area contributed by atoms with Crippen LogP contribution in [0.2, 0.25) is 0 Å². The maximum Gasteiger partial charge on any atom is 0.231 e. The third-order valence-corrected chi connectivity index (χ3v) is 6.33. The zero-order valence-corrected chi connectivity index (χ0v) is 16.3. The number of ether oxygens (including phenoxy) is 1. The molecule has 2 aliphatic rings. The van der Waals surface area contributed by atoms with Gasteiger partial charge in [0, 0.05) is 37.4 Å². The third kappa shape index (κ3) is 3.41. The van der Waals surface area contributed by atoms with E-state index in [9.17, 15) is 4.79 Å². The van der Waals surface area contributed by atoms with E-state index >= 15 is 0 Å². The first-order valence-corrected chi connectivity index (χ1v) is 10.0. The first-order valence-electron chi connectivity index (χ1n) is 10.0. The maximum atomic E-state index is 13.2. The van der Waals surface area contributed by atoms with E-state index in [1.807, 2.05) is 6.20 Å². The van der Waals surface area contributed by atoms with Gasteiger partial charge in [0.25, 0.3) is 0 Å². The molecule has 1 saturated heterocycles. The highest BCUT2D eigenvalue weighted by atomic mass is 16.5. The summed E-state index contributed by atoms with van der Waals surface area (Å²) < 4.78 is 5.38. The van der Waals surface area contributed by atoms with Crippen LogP contribution in [0.5, 0.6) is 0 Å². The van der Waals surface area contributed by atoms with E-state index in [2.05, 4.69) is 46.3 Å². The van der Waals surface area contributed by atoms with Crippen molar-refractivity contribution in [2.75, 3.05) is 26.8 Å². The van der Waals surface area contributed by atoms with Crippen LogP contribution in [0.3, 0.4) is 0 Å². The Balaban J connectivity index is 1.53. The van der Waals surface area contributed by atoms with E-state index in [4.69, 9.17) is 4.74 Å². The van der Waals surface area contributed by atoms with Gasteiger partial charge in [-0.1, -0.05) is 36.2 Å². The van der Waals surface area contributed by atoms with Crippen LogP contribution >= 0.6 is 0 Å². The number of aryl methyl sites for hydroxylation is 1. The third-order valence-electron chi connectivity index (χ3n) is 6.33. The summed E-state index contributed by atoms with van der Waals surface area (Å²) in [5.74, 6) is 0.595. The van der Waals surface area contributed by atoms with Gasteiger partial charge in [-0.25, -0.2) is 0 Å². The smallest absolute Gasteiger partial charge is 0.231 e. The lowest BCUT2D eigenvalue weighted by atomic mass is 9.68. The number of amides is 1. The molecule has 0 unspecified atom stereocenters. The number of nitrogens with one attached hydrogen (secondary N) is 1. The van der Waals surface area contributed by atoms with Crippen molar-refractivity contribution in [3.05, 3.63) is 41.7 Å². The molecule has 2 aromatic rings. The van der Waals surface area contributed by atoms with Gasteiger partial charge in [-0.05, 0) is 38.2 Å². The standard InChI is InChI=1S/C22H29N3O2/c1-16-6-8-17(9-7-16)19-13-23-24-20(19)18-5-3-12-25(14-18)21(26)22(15-27-2)10-4-11-22/h6-9,13,18H,3-5,10-12,14-15H2,1-2H3,(H,23,24)/t18-/m1/s1. The number of piperidine rings is 1. The number of likely N-dealkylation sites (tertiary alicyclic amines) is 1. The zero-order valence-electron chi connectivity index (χ0n) is 16.3. The molecule has 1 N–H and O–H groups in total. The summed E-state index contributed by atoms with van der Waals surface area (Å²) in [5, 5.41) is 7.55. The number of benzene rings is 1. The van der Waals surface area contributed by atoms with Crippen molar-refractivity contribution in [1.82, 2.24) is 15.1 Å². The fraction of sp³-hybridized carbons (Fsp3) is 0.545. The van der Waals surface area contributed by atoms with E-state index in [0.29, 0.717) is 12.5 Å². The highest BCUT2D eigenvalue weighted by molar-refractivity contribution is 5.84. The SMILES string of the molecule is COCC1(C(=O)N2CCC[C@@H](c3[nH]ncc3-c3ccc(C)cc3)C2)CCC1. The van der Waals surface area contributed by atoms with E-state index in [0.717, 1.165) is 56.5 Å². The molecule has 0 spiro atoms. The Morgan fingerprint density at radius 3 is 2.74 bits per heavy atom. The molecule has 2 heterocycles. The Morgan fingerprint density at radius 1 is 1.30 bits per heavy atom. The molecule has 27 heavy (non-hydrogen) atoms. The van der Waals surface area contributed by atoms with Gasteiger partial charge in [0.1, 0.15) is 0 Å². The minimum Gasteiger partial charge on any atom is -0.384 e. The number of aromatic amines is 1. The van der Waals surface area contributed by atoms with Crippen LogP contribution < -0.4 is 0 Å². The topological polar surface area (TPSA) is 58.2 Å². The normalized spacial score (nSPS) is 21.7. The number of carbonyl (C=O) groups is 1. The molecule has 1 aliphatic heterocycles. The number of aromatic nitrogens is 2. The molecule has 2 fully saturated rings. The Hall–Kier alpha value is -2.14. The van der Waals surface area contributed by atoms with E-state index < -0.39 is 0 Å². The molecule has 1 aromatic carbocycles. The maximum absolute atomic E-state index is 13.2. The highest BCUT2D eigenvalue weighted by Crippen LogP contribution is 2.44. The summed E-state index contributed by atoms with van der Waals surface area (Å²) in [7, 11) is 1.70. The predicted molar refractivity (Wildman–Crippen MR) is 105 cm³/mol. The van der Waals surface area contributed by atoms with Crippen LogP contribution in [0.4, 0.5) is 0 Å². The molecule has 5 heteroatoms. The zero-order chi connectivity index (χ0) is 18.9. The van der Waals surface area contributed by atoms with Crippen molar-refractivity contribution < 1.29 is 9.53 Å². The molecule has 1 amide bonds. The molecule has 1 aliphatic carbocycles. The van der Waals surface area contributed by atoms with Crippen LogP contribution in [0.1, 0.15) is 49.3 Å². The minimum absolute atomic E-state index is 0.273. The first kappa shape index (κ1) is 18.2. The number of hydrogen-bond donors (Lipinski definition) is 1. The van der Waals surface area contributed by atoms with E-state index in [1.54, 1.807) is 7.11 Å². The van der Waals surface area contributed by atoms with Crippen molar-refractivity contribution >= 4 is 5.91 Å². The molecule has 144 valence electrons. The second-order valence-corrected chi connectivity index (χ2v) is 8.22. The predicted octanol–water partition coefficient (Wildman–Crippen LogP) is 3.91. The van der Waals surface area contributed by atoms with Crippen molar-refractivity contribution in [3.63, 3.8) is 0 Å². The molecule has 4 rings (SSSR count). The summed E-state index contributed by atoms with van der Waals surface area (Å²) in [6.45, 7) is 4.27. The minimum atomic E-state index is -0.273. The summed E-state index contributed by atoms with van der Waals surface area (Å²) in [6, 6.07) is 8.57. The van der Waals surface area contributed by atoms with Gasteiger partial charge >= 0.3 is 0 Å². The van der Waals surface area contributed by atoms with Gasteiger partial charge in [0.2, 0.25) is 5.91 Å². The summed E-state index contributed by atoms with van der Waals surface area (Å²) >= 11 is 0. The fourth-order valence-corrected chi connectivity index (χ4v) is 4.60. The number of nitrogens with zero attached hydrogens (tertiary/aromatic N) is 2. The number of carbonyl (C=O) groups excluding carboxylic acids is 1. The van der Waals surface area contributed by atoms with E-state index in [1.165, 1.54) is 11.1 Å². The van der Waals surface area contributed by atoms with Gasteiger partial charge in [-0.15, -0.1) is 0 Å². The van der Waals surface area contributed by atoms with Crippen LogP contribution in [-0.2, 0) is 9.53 Å². The average molecular weight is 367 g/mol. The molecule has 0 bridgehead atoms. The fourth-order valence-electron chi connectivity index (χ4n) is 4.60. The van der Waals surface area contributed by atoms with Gasteiger partial charge < -0.3 is 9.64 Å². The van der Waals surface area contributed by atoms with Crippen LogP contribution in [-0.4, -0.2) is 47.8 Å². The molecule has 1 atom stereocenters. The molecule has 1 saturated carbocycles. The highest BCUT2D eigenvalue weighted by Gasteiger charge is 2.47. The quantitative estimate of drug-likeness (QED) is 0.872. The Labute approximate surface area is 161 Å². The van der Waals surface area contributed by atoms with Crippen LogP contribution in [0.15, 0.2) is 30.5 Å². The lowest BCUT2D eigenvalue weighted by molar-refractivity contribution is -0.153. The van der Waals surface area contributed by atoms with E-state index in [-0.39, 0.29) is 11.3 Å². The monoisotopic (exact) mass is 367 g/mol.